The lowest BCUT2D eigenvalue weighted by atomic mass is 10.3. The number of hydrogen-bond acceptors (Lipinski definition) is 0. The number of alkyl halides is 5. The summed E-state index contributed by atoms with van der Waals surface area (Å²) in [4.78, 5) is 0. The van der Waals surface area contributed by atoms with E-state index in [1.165, 1.54) is 0 Å². The van der Waals surface area contributed by atoms with Gasteiger partial charge in [0, 0.05) is 5.38 Å². The first-order chi connectivity index (χ1) is 4.52. The van der Waals surface area contributed by atoms with Gasteiger partial charge in [-0.2, -0.15) is 0 Å². The molecular formula is C5H7Br3Cl2. The molecule has 62 valence electrons. The van der Waals surface area contributed by atoms with Crippen LogP contribution in [-0.2, 0) is 0 Å². The first kappa shape index (κ1) is 12.0. The standard InChI is InChI=1S/C5H7Br3Cl2/c6-4(7)1-3(9)2-5(8)10/h3-5H,1-2H2. The van der Waals surface area contributed by atoms with Crippen LogP contribution in [0.2, 0.25) is 0 Å². The molecule has 0 aromatic carbocycles. The summed E-state index contributed by atoms with van der Waals surface area (Å²) in [6, 6.07) is 0. The molecule has 0 rings (SSSR count). The lowest BCUT2D eigenvalue weighted by molar-refractivity contribution is 0.773. The highest BCUT2D eigenvalue weighted by Crippen LogP contribution is 2.24. The van der Waals surface area contributed by atoms with E-state index in [1.807, 2.05) is 0 Å². The Morgan fingerprint density at radius 2 is 1.50 bits per heavy atom. The molecule has 0 nitrogen and oxygen atoms in total. The topological polar surface area (TPSA) is 0 Å². The van der Waals surface area contributed by atoms with Crippen LogP contribution in [0.15, 0.2) is 0 Å². The number of rotatable bonds is 4. The van der Waals surface area contributed by atoms with Crippen LogP contribution in [-0.4, -0.2) is 13.4 Å². The molecule has 5 heteroatoms. The molecule has 0 saturated carbocycles. The van der Waals surface area contributed by atoms with Crippen molar-refractivity contribution in [3.63, 3.8) is 0 Å². The van der Waals surface area contributed by atoms with Gasteiger partial charge in [-0.15, -0.1) is 23.2 Å². The zero-order chi connectivity index (χ0) is 8.15. The first-order valence-corrected chi connectivity index (χ1v) is 6.34. The Balaban J connectivity index is 3.34. The van der Waals surface area contributed by atoms with Crippen LogP contribution in [0.1, 0.15) is 12.8 Å². The molecule has 0 aliphatic rings. The van der Waals surface area contributed by atoms with Crippen molar-refractivity contribution >= 4 is 71.0 Å². The lowest BCUT2D eigenvalue weighted by Gasteiger charge is -2.09. The minimum atomic E-state index is -0.0197. The van der Waals surface area contributed by atoms with E-state index in [9.17, 15) is 0 Å². The average Bonchev–Trinajstić information content (AvgIpc) is 1.58. The Morgan fingerprint density at radius 3 is 1.80 bits per heavy atom. The summed E-state index contributed by atoms with van der Waals surface area (Å²) in [5.74, 6) is 0. The molecule has 0 aromatic rings. The Labute approximate surface area is 96.4 Å². The van der Waals surface area contributed by atoms with Crippen molar-refractivity contribution < 1.29 is 0 Å². The molecule has 0 amide bonds. The van der Waals surface area contributed by atoms with Crippen molar-refractivity contribution in [2.24, 2.45) is 0 Å². The van der Waals surface area contributed by atoms with Crippen molar-refractivity contribution in [3.05, 3.63) is 0 Å². The first-order valence-electron chi connectivity index (χ1n) is 2.72. The molecule has 0 radical (unpaired) electrons. The fourth-order valence-electron chi connectivity index (χ4n) is 0.483. The highest BCUT2D eigenvalue weighted by Gasteiger charge is 2.12. The molecule has 0 heterocycles. The Hall–Kier alpha value is 2.02. The second-order valence-corrected chi connectivity index (χ2v) is 8.07. The van der Waals surface area contributed by atoms with Crippen LogP contribution in [0.5, 0.6) is 0 Å². The third-order valence-corrected chi connectivity index (χ3v) is 2.52. The fraction of sp³-hybridized carbons (Fsp3) is 1.00. The zero-order valence-corrected chi connectivity index (χ0v) is 11.3. The fourth-order valence-corrected chi connectivity index (χ4v) is 3.14. The third kappa shape index (κ3) is 8.12. The van der Waals surface area contributed by atoms with Gasteiger partial charge < -0.3 is 0 Å². The van der Waals surface area contributed by atoms with Gasteiger partial charge in [-0.1, -0.05) is 47.8 Å². The highest BCUT2D eigenvalue weighted by molar-refractivity contribution is 9.24. The van der Waals surface area contributed by atoms with E-state index < -0.39 is 0 Å². The van der Waals surface area contributed by atoms with Crippen LogP contribution in [0.4, 0.5) is 0 Å². The van der Waals surface area contributed by atoms with E-state index in [4.69, 9.17) is 23.2 Å². The summed E-state index contributed by atoms with van der Waals surface area (Å²) < 4.78 is 0.263. The van der Waals surface area contributed by atoms with Crippen molar-refractivity contribution in [3.8, 4) is 0 Å². The molecule has 0 aromatic heterocycles. The van der Waals surface area contributed by atoms with E-state index in [2.05, 4.69) is 47.8 Å². The van der Waals surface area contributed by atoms with E-state index >= 15 is 0 Å². The maximum absolute atomic E-state index is 5.90. The summed E-state index contributed by atoms with van der Waals surface area (Å²) in [5, 5.41) is 0.116. The van der Waals surface area contributed by atoms with Gasteiger partial charge in [-0.25, -0.2) is 0 Å². The Morgan fingerprint density at radius 1 is 1.00 bits per heavy atom. The van der Waals surface area contributed by atoms with Crippen LogP contribution in [0.3, 0.4) is 0 Å². The molecule has 0 spiro atoms. The summed E-state index contributed by atoms with van der Waals surface area (Å²) in [7, 11) is 0. The van der Waals surface area contributed by atoms with Gasteiger partial charge in [-0.3, -0.25) is 0 Å². The third-order valence-electron chi connectivity index (χ3n) is 0.868. The molecule has 0 saturated heterocycles. The zero-order valence-electron chi connectivity index (χ0n) is 5.04. The molecule has 2 atom stereocenters. The predicted molar refractivity (Wildman–Crippen MR) is 59.1 cm³/mol. The van der Waals surface area contributed by atoms with Crippen LogP contribution in [0.25, 0.3) is 0 Å². The number of hydrogen-bond donors (Lipinski definition) is 0. The van der Waals surface area contributed by atoms with Gasteiger partial charge in [0.1, 0.15) is 0 Å². The quantitative estimate of drug-likeness (QED) is 0.635. The second-order valence-electron chi connectivity index (χ2n) is 1.85. The van der Waals surface area contributed by atoms with Crippen molar-refractivity contribution in [2.75, 3.05) is 0 Å². The monoisotopic (exact) mass is 374 g/mol. The van der Waals surface area contributed by atoms with Crippen LogP contribution < -0.4 is 0 Å². The highest BCUT2D eigenvalue weighted by atomic mass is 79.9. The molecule has 0 aliphatic carbocycles. The number of halogens is 5. The van der Waals surface area contributed by atoms with Gasteiger partial charge in [0.2, 0.25) is 0 Å². The summed E-state index contributed by atoms with van der Waals surface area (Å²) in [6.07, 6.45) is 1.65. The van der Waals surface area contributed by atoms with Gasteiger partial charge >= 0.3 is 0 Å². The molecule has 0 N–H and O–H groups in total. The van der Waals surface area contributed by atoms with Gasteiger partial charge in [0.25, 0.3) is 0 Å². The minimum absolute atomic E-state index is 0.0197. The molecule has 0 aliphatic heterocycles. The van der Waals surface area contributed by atoms with E-state index in [-0.39, 0.29) is 13.4 Å². The predicted octanol–water partition coefficient (Wildman–Crippen LogP) is 4.45. The van der Waals surface area contributed by atoms with Crippen molar-refractivity contribution in [1.82, 2.24) is 0 Å². The second kappa shape index (κ2) is 6.53. The smallest absolute Gasteiger partial charge is 0.0900 e. The summed E-state index contributed by atoms with van der Waals surface area (Å²) >= 11 is 21.4. The Bertz CT molecular complexity index is 77.0. The van der Waals surface area contributed by atoms with Crippen molar-refractivity contribution in [2.45, 2.75) is 26.2 Å². The van der Waals surface area contributed by atoms with Gasteiger partial charge in [0.05, 0.1) is 8.02 Å². The van der Waals surface area contributed by atoms with Crippen LogP contribution in [0, 0.1) is 0 Å². The van der Waals surface area contributed by atoms with E-state index in [1.54, 1.807) is 0 Å². The maximum atomic E-state index is 5.90. The lowest BCUT2D eigenvalue weighted by Crippen LogP contribution is -2.06. The molecular weight excluding hydrogens is 371 g/mol. The van der Waals surface area contributed by atoms with E-state index in [0.717, 1.165) is 12.8 Å². The minimum Gasteiger partial charge on any atom is -0.123 e. The Kier molecular flexibility index (Phi) is 7.85. The largest absolute Gasteiger partial charge is 0.123 e. The maximum Gasteiger partial charge on any atom is 0.0900 e. The molecule has 0 bridgehead atoms. The van der Waals surface area contributed by atoms with Gasteiger partial charge in [0.15, 0.2) is 0 Å². The summed E-state index contributed by atoms with van der Waals surface area (Å²) in [5.41, 5.74) is 0. The molecule has 10 heavy (non-hydrogen) atoms. The summed E-state index contributed by atoms with van der Waals surface area (Å²) in [6.45, 7) is 0. The SMILES string of the molecule is ClC(Br)CC(Cl)CC(Br)Br. The normalized spacial score (nSPS) is 17.4. The van der Waals surface area contributed by atoms with Gasteiger partial charge in [-0.05, 0) is 12.8 Å². The average molecular weight is 378 g/mol. The molecule has 2 unspecified atom stereocenters. The van der Waals surface area contributed by atoms with Crippen LogP contribution >= 0.6 is 71.0 Å². The molecule has 0 fully saturated rings. The van der Waals surface area contributed by atoms with Crippen molar-refractivity contribution in [1.29, 1.82) is 0 Å². The van der Waals surface area contributed by atoms with E-state index in [0.29, 0.717) is 0 Å².